The first kappa shape index (κ1) is 21.6. The first-order valence-corrected chi connectivity index (χ1v) is 9.94. The van der Waals surface area contributed by atoms with Gasteiger partial charge < -0.3 is 20.1 Å². The lowest BCUT2D eigenvalue weighted by Gasteiger charge is -2.15. The van der Waals surface area contributed by atoms with E-state index in [1.807, 2.05) is 38.1 Å². The van der Waals surface area contributed by atoms with Crippen molar-refractivity contribution < 1.29 is 19.1 Å². The summed E-state index contributed by atoms with van der Waals surface area (Å²) < 4.78 is 10.5. The second kappa shape index (κ2) is 10.6. The Kier molecular flexibility index (Phi) is 8.19. The highest BCUT2D eigenvalue weighted by Gasteiger charge is 2.17. The van der Waals surface area contributed by atoms with Crippen molar-refractivity contribution in [3.63, 3.8) is 0 Å². The Balaban J connectivity index is 2.02. The molecule has 6 nitrogen and oxygen atoms in total. The number of ether oxygens (including phenoxy) is 2. The van der Waals surface area contributed by atoms with Gasteiger partial charge in [0, 0.05) is 23.1 Å². The molecular formula is C21H26N2O4S. The summed E-state index contributed by atoms with van der Waals surface area (Å²) in [6.45, 7) is 3.79. The van der Waals surface area contributed by atoms with Gasteiger partial charge in [0.15, 0.2) is 0 Å². The molecule has 2 amide bonds. The van der Waals surface area contributed by atoms with Gasteiger partial charge in [-0.1, -0.05) is 13.0 Å². The van der Waals surface area contributed by atoms with E-state index in [0.717, 1.165) is 17.0 Å². The average molecular weight is 403 g/mol. The normalized spacial score (nSPS) is 11.4. The first-order chi connectivity index (χ1) is 13.5. The van der Waals surface area contributed by atoms with Crippen LogP contribution in [0, 0.1) is 0 Å². The van der Waals surface area contributed by atoms with Gasteiger partial charge in [0.25, 0.3) is 0 Å². The summed E-state index contributed by atoms with van der Waals surface area (Å²) in [4.78, 5) is 25.3. The van der Waals surface area contributed by atoms with Gasteiger partial charge in [0.2, 0.25) is 11.8 Å². The lowest BCUT2D eigenvalue weighted by molar-refractivity contribution is -0.116. The summed E-state index contributed by atoms with van der Waals surface area (Å²) in [5, 5.41) is 5.42. The minimum absolute atomic E-state index is 0.0120. The molecule has 1 unspecified atom stereocenters. The van der Waals surface area contributed by atoms with E-state index >= 15 is 0 Å². The van der Waals surface area contributed by atoms with Crippen LogP contribution >= 0.6 is 11.8 Å². The molecule has 0 saturated heterocycles. The number of rotatable bonds is 9. The van der Waals surface area contributed by atoms with Crippen LogP contribution in [0.3, 0.4) is 0 Å². The van der Waals surface area contributed by atoms with Gasteiger partial charge >= 0.3 is 0 Å². The Hall–Kier alpha value is -2.67. The monoisotopic (exact) mass is 402 g/mol. The van der Waals surface area contributed by atoms with Crippen molar-refractivity contribution >= 4 is 35.0 Å². The van der Waals surface area contributed by atoms with Gasteiger partial charge in [-0.05, 0) is 43.7 Å². The smallest absolute Gasteiger partial charge is 0.237 e. The largest absolute Gasteiger partial charge is 0.497 e. The molecule has 0 spiro atoms. The third-order valence-electron chi connectivity index (χ3n) is 3.94. The zero-order chi connectivity index (χ0) is 20.5. The first-order valence-electron chi connectivity index (χ1n) is 9.06. The lowest BCUT2D eigenvalue weighted by atomic mass is 10.2. The van der Waals surface area contributed by atoms with Crippen LogP contribution in [0.5, 0.6) is 11.5 Å². The highest BCUT2D eigenvalue weighted by molar-refractivity contribution is 8.00. The fourth-order valence-electron chi connectivity index (χ4n) is 2.49. The third kappa shape index (κ3) is 6.20. The van der Waals surface area contributed by atoms with Crippen LogP contribution in [-0.4, -0.2) is 31.3 Å². The number of hydrogen-bond acceptors (Lipinski definition) is 5. The zero-order valence-corrected chi connectivity index (χ0v) is 17.4. The third-order valence-corrected chi connectivity index (χ3v) is 5.04. The molecule has 0 fully saturated rings. The van der Waals surface area contributed by atoms with E-state index in [4.69, 9.17) is 9.47 Å². The molecule has 28 heavy (non-hydrogen) atoms. The molecule has 0 aromatic heterocycles. The molecule has 1 atom stereocenters. The minimum atomic E-state index is -0.339. The molecule has 0 aliphatic heterocycles. The van der Waals surface area contributed by atoms with Crippen molar-refractivity contribution in [3.8, 4) is 11.5 Å². The molecular weight excluding hydrogens is 376 g/mol. The standard InChI is InChI=1S/C21H26N2O4S/c1-5-7-20(24)22-15-8-6-9-17(12-15)28-14(2)21(25)23-18-11-10-16(26-3)13-19(18)27-4/h6,8-14H,5,7H2,1-4H3,(H,22,24)(H,23,25). The number of benzene rings is 2. The summed E-state index contributed by atoms with van der Waals surface area (Å²) in [6.07, 6.45) is 1.28. The van der Waals surface area contributed by atoms with Crippen molar-refractivity contribution in [2.45, 2.75) is 36.8 Å². The SMILES string of the molecule is CCCC(=O)Nc1cccc(SC(C)C(=O)Nc2ccc(OC)cc2OC)c1. The number of nitrogens with one attached hydrogen (secondary N) is 2. The topological polar surface area (TPSA) is 76.7 Å². The van der Waals surface area contributed by atoms with Crippen molar-refractivity contribution in [2.24, 2.45) is 0 Å². The van der Waals surface area contributed by atoms with E-state index in [2.05, 4.69) is 10.6 Å². The second-order valence-corrected chi connectivity index (χ2v) is 7.56. The van der Waals surface area contributed by atoms with Gasteiger partial charge in [-0.2, -0.15) is 0 Å². The molecule has 0 aliphatic rings. The van der Waals surface area contributed by atoms with E-state index < -0.39 is 0 Å². The zero-order valence-electron chi connectivity index (χ0n) is 16.6. The maximum atomic E-state index is 12.6. The predicted octanol–water partition coefficient (Wildman–Crippen LogP) is 4.56. The van der Waals surface area contributed by atoms with E-state index in [1.54, 1.807) is 32.4 Å². The quantitative estimate of drug-likeness (QED) is 0.601. The van der Waals surface area contributed by atoms with E-state index in [-0.39, 0.29) is 17.1 Å². The van der Waals surface area contributed by atoms with Gasteiger partial charge in [0.1, 0.15) is 11.5 Å². The number of anilines is 2. The summed E-state index contributed by atoms with van der Waals surface area (Å²) >= 11 is 1.42. The molecule has 2 aromatic carbocycles. The molecule has 0 bridgehead atoms. The Morgan fingerprint density at radius 1 is 1.07 bits per heavy atom. The van der Waals surface area contributed by atoms with Crippen LogP contribution < -0.4 is 20.1 Å². The highest BCUT2D eigenvalue weighted by Crippen LogP contribution is 2.31. The van der Waals surface area contributed by atoms with Crippen molar-refractivity contribution in [3.05, 3.63) is 42.5 Å². The minimum Gasteiger partial charge on any atom is -0.497 e. The number of amides is 2. The molecule has 2 N–H and O–H groups in total. The van der Waals surface area contributed by atoms with Crippen LogP contribution in [-0.2, 0) is 9.59 Å². The molecule has 0 heterocycles. The Labute approximate surface area is 170 Å². The molecule has 0 radical (unpaired) electrons. The van der Waals surface area contributed by atoms with E-state index in [0.29, 0.717) is 23.6 Å². The molecule has 0 aliphatic carbocycles. The maximum absolute atomic E-state index is 12.6. The average Bonchev–Trinajstić information content (AvgIpc) is 2.68. The number of carbonyl (C=O) groups is 2. The van der Waals surface area contributed by atoms with E-state index in [1.165, 1.54) is 11.8 Å². The number of methoxy groups -OCH3 is 2. The molecule has 7 heteroatoms. The molecule has 2 rings (SSSR count). The van der Waals surface area contributed by atoms with E-state index in [9.17, 15) is 9.59 Å². The van der Waals surface area contributed by atoms with Crippen LogP contribution in [0.2, 0.25) is 0 Å². The maximum Gasteiger partial charge on any atom is 0.237 e. The number of hydrogen-bond donors (Lipinski definition) is 2. The Morgan fingerprint density at radius 2 is 1.86 bits per heavy atom. The molecule has 0 saturated carbocycles. The Bertz CT molecular complexity index is 826. The van der Waals surface area contributed by atoms with Gasteiger partial charge in [0.05, 0.1) is 25.2 Å². The van der Waals surface area contributed by atoms with Crippen LogP contribution in [0.15, 0.2) is 47.4 Å². The van der Waals surface area contributed by atoms with Crippen LogP contribution in [0.25, 0.3) is 0 Å². The van der Waals surface area contributed by atoms with Crippen LogP contribution in [0.4, 0.5) is 11.4 Å². The lowest BCUT2D eigenvalue weighted by Crippen LogP contribution is -2.22. The second-order valence-electron chi connectivity index (χ2n) is 6.14. The van der Waals surface area contributed by atoms with Gasteiger partial charge in [-0.25, -0.2) is 0 Å². The molecule has 2 aromatic rings. The van der Waals surface area contributed by atoms with Crippen LogP contribution in [0.1, 0.15) is 26.7 Å². The summed E-state index contributed by atoms with van der Waals surface area (Å²) in [5.41, 5.74) is 1.31. The summed E-state index contributed by atoms with van der Waals surface area (Å²) in [5.74, 6) is 1.03. The summed E-state index contributed by atoms with van der Waals surface area (Å²) in [7, 11) is 3.12. The van der Waals surface area contributed by atoms with Crippen molar-refractivity contribution in [2.75, 3.05) is 24.9 Å². The van der Waals surface area contributed by atoms with Gasteiger partial charge in [-0.3, -0.25) is 9.59 Å². The highest BCUT2D eigenvalue weighted by atomic mass is 32.2. The predicted molar refractivity (Wildman–Crippen MR) is 113 cm³/mol. The van der Waals surface area contributed by atoms with Crippen molar-refractivity contribution in [1.82, 2.24) is 0 Å². The number of carbonyl (C=O) groups excluding carboxylic acids is 2. The Morgan fingerprint density at radius 3 is 2.54 bits per heavy atom. The fourth-order valence-corrected chi connectivity index (χ4v) is 3.42. The van der Waals surface area contributed by atoms with Gasteiger partial charge in [-0.15, -0.1) is 11.8 Å². The number of thioether (sulfide) groups is 1. The fraction of sp³-hybridized carbons (Fsp3) is 0.333. The van der Waals surface area contributed by atoms with Crippen molar-refractivity contribution in [1.29, 1.82) is 0 Å². The molecule has 150 valence electrons. The summed E-state index contributed by atoms with van der Waals surface area (Å²) in [6, 6.07) is 12.7.